The summed E-state index contributed by atoms with van der Waals surface area (Å²) in [7, 11) is 1.33. The number of amides is 1. The Labute approximate surface area is 148 Å². The number of aliphatic carboxylic acids is 1. The number of aromatic carboxylic acids is 1. The maximum atomic E-state index is 12.3. The van der Waals surface area contributed by atoms with Crippen LogP contribution in [-0.4, -0.2) is 40.3 Å². The van der Waals surface area contributed by atoms with E-state index in [-0.39, 0.29) is 22.7 Å². The van der Waals surface area contributed by atoms with Crippen LogP contribution < -0.4 is 10.1 Å². The van der Waals surface area contributed by atoms with Crippen molar-refractivity contribution in [3.8, 4) is 11.5 Å². The molecule has 8 heteroatoms. The number of phenols is 1. The second kappa shape index (κ2) is 7.84. The van der Waals surface area contributed by atoms with Gasteiger partial charge in [-0.2, -0.15) is 0 Å². The smallest absolute Gasteiger partial charge is 0.341 e. The first kappa shape index (κ1) is 18.5. The van der Waals surface area contributed by atoms with E-state index in [4.69, 9.17) is 9.84 Å². The number of rotatable bonds is 6. The van der Waals surface area contributed by atoms with Gasteiger partial charge in [0.15, 0.2) is 11.5 Å². The van der Waals surface area contributed by atoms with Crippen molar-refractivity contribution in [3.05, 3.63) is 59.2 Å². The monoisotopic (exact) mass is 357 g/mol. The zero-order valence-corrected chi connectivity index (χ0v) is 13.6. The molecule has 26 heavy (non-hydrogen) atoms. The summed E-state index contributed by atoms with van der Waals surface area (Å²) in [5, 5.41) is 30.3. The number of carboxylic acids is 2. The fourth-order valence-corrected chi connectivity index (χ4v) is 2.14. The van der Waals surface area contributed by atoms with Crippen LogP contribution in [0.2, 0.25) is 0 Å². The molecular formula is C18H15NO7. The number of carboxylic acid groups (broad SMARTS) is 2. The van der Waals surface area contributed by atoms with Crippen molar-refractivity contribution >= 4 is 29.6 Å². The fraction of sp³-hybridized carbons (Fsp3) is 0.0556. The van der Waals surface area contributed by atoms with Crippen molar-refractivity contribution in [2.24, 2.45) is 0 Å². The molecule has 134 valence electrons. The van der Waals surface area contributed by atoms with Gasteiger partial charge in [0, 0.05) is 0 Å². The van der Waals surface area contributed by atoms with Gasteiger partial charge in [-0.25, -0.2) is 9.59 Å². The Balaban J connectivity index is 2.37. The van der Waals surface area contributed by atoms with Crippen molar-refractivity contribution < 1.29 is 34.4 Å². The molecule has 0 unspecified atom stereocenters. The molecule has 0 atom stereocenters. The maximum Gasteiger partial charge on any atom is 0.341 e. The number of phenolic OH excluding ortho intramolecular Hbond substituents is 1. The van der Waals surface area contributed by atoms with E-state index in [9.17, 15) is 24.6 Å². The third-order valence-corrected chi connectivity index (χ3v) is 3.40. The number of hydrogen-bond acceptors (Lipinski definition) is 5. The molecule has 0 aliphatic heterocycles. The van der Waals surface area contributed by atoms with Crippen LogP contribution >= 0.6 is 0 Å². The molecule has 0 spiro atoms. The predicted octanol–water partition coefficient (Wildman–Crippen LogP) is 2.21. The summed E-state index contributed by atoms with van der Waals surface area (Å²) in [5.41, 5.74) is -0.506. The summed E-state index contributed by atoms with van der Waals surface area (Å²) in [6, 6.07) is 9.68. The van der Waals surface area contributed by atoms with Crippen LogP contribution in [0.5, 0.6) is 11.5 Å². The van der Waals surface area contributed by atoms with Crippen LogP contribution in [0.25, 0.3) is 6.08 Å². The lowest BCUT2D eigenvalue weighted by atomic mass is 10.1. The first-order valence-corrected chi connectivity index (χ1v) is 7.29. The van der Waals surface area contributed by atoms with Gasteiger partial charge in [0.2, 0.25) is 0 Å². The van der Waals surface area contributed by atoms with Crippen molar-refractivity contribution in [3.63, 3.8) is 0 Å². The Morgan fingerprint density at radius 2 is 1.77 bits per heavy atom. The molecule has 0 aliphatic rings. The van der Waals surface area contributed by atoms with Crippen LogP contribution in [0.4, 0.5) is 5.69 Å². The number of para-hydroxylation sites is 1. The molecule has 0 aliphatic carbocycles. The Kier molecular flexibility index (Phi) is 5.59. The minimum absolute atomic E-state index is 0.0274. The molecule has 0 heterocycles. The van der Waals surface area contributed by atoms with E-state index in [0.29, 0.717) is 5.56 Å². The summed E-state index contributed by atoms with van der Waals surface area (Å²) in [4.78, 5) is 35.0. The van der Waals surface area contributed by atoms with E-state index in [0.717, 1.165) is 6.08 Å². The van der Waals surface area contributed by atoms with E-state index >= 15 is 0 Å². The lowest BCUT2D eigenvalue weighted by Crippen LogP contribution is -2.21. The van der Waals surface area contributed by atoms with E-state index in [1.54, 1.807) is 0 Å². The van der Waals surface area contributed by atoms with Crippen LogP contribution in [0.15, 0.2) is 48.0 Å². The van der Waals surface area contributed by atoms with Crippen molar-refractivity contribution in [2.45, 2.75) is 0 Å². The molecular weight excluding hydrogens is 342 g/mol. The van der Waals surface area contributed by atoms with Crippen molar-refractivity contribution in [2.75, 3.05) is 12.4 Å². The Hall–Kier alpha value is -3.81. The maximum absolute atomic E-state index is 12.3. The molecule has 2 aromatic rings. The minimum Gasteiger partial charge on any atom is -0.504 e. The third kappa shape index (κ3) is 4.18. The number of aromatic hydroxyl groups is 1. The molecule has 0 saturated heterocycles. The fourth-order valence-electron chi connectivity index (χ4n) is 2.14. The molecule has 8 nitrogen and oxygen atoms in total. The second-order valence-electron chi connectivity index (χ2n) is 5.10. The number of carbonyl (C=O) groups excluding carboxylic acids is 1. The largest absolute Gasteiger partial charge is 0.504 e. The van der Waals surface area contributed by atoms with E-state index in [1.807, 2.05) is 0 Å². The molecule has 0 aromatic heterocycles. The SMILES string of the molecule is COc1cc(C=C(C(=O)O)C(=O)Nc2ccccc2C(=O)O)ccc1O. The van der Waals surface area contributed by atoms with Gasteiger partial charge in [0.25, 0.3) is 5.91 Å². The van der Waals surface area contributed by atoms with Crippen LogP contribution in [-0.2, 0) is 9.59 Å². The van der Waals surface area contributed by atoms with Gasteiger partial charge in [-0.05, 0) is 35.9 Å². The predicted molar refractivity (Wildman–Crippen MR) is 92.3 cm³/mol. The van der Waals surface area contributed by atoms with Crippen LogP contribution in [0, 0.1) is 0 Å². The highest BCUT2D eigenvalue weighted by atomic mass is 16.5. The zero-order valence-electron chi connectivity index (χ0n) is 13.6. The molecule has 2 aromatic carbocycles. The van der Waals surface area contributed by atoms with Gasteiger partial charge in [-0.1, -0.05) is 18.2 Å². The second-order valence-corrected chi connectivity index (χ2v) is 5.10. The molecule has 1 amide bonds. The lowest BCUT2D eigenvalue weighted by Gasteiger charge is -2.09. The highest BCUT2D eigenvalue weighted by Crippen LogP contribution is 2.27. The summed E-state index contributed by atoms with van der Waals surface area (Å²) >= 11 is 0. The first-order chi connectivity index (χ1) is 12.3. The van der Waals surface area contributed by atoms with E-state index < -0.39 is 23.4 Å². The molecule has 0 saturated carbocycles. The summed E-state index contributed by atoms with van der Waals surface area (Å²) < 4.78 is 4.93. The van der Waals surface area contributed by atoms with Crippen molar-refractivity contribution in [1.82, 2.24) is 0 Å². The van der Waals surface area contributed by atoms with E-state index in [1.165, 1.54) is 49.6 Å². The molecule has 0 fully saturated rings. The summed E-state index contributed by atoms with van der Waals surface area (Å²) in [5.74, 6) is -3.77. The summed E-state index contributed by atoms with van der Waals surface area (Å²) in [6.07, 6.45) is 1.09. The first-order valence-electron chi connectivity index (χ1n) is 7.29. The Bertz CT molecular complexity index is 902. The van der Waals surface area contributed by atoms with Gasteiger partial charge in [0.05, 0.1) is 18.4 Å². The standard InChI is InChI=1S/C18H15NO7/c1-26-15-9-10(6-7-14(15)20)8-12(18(24)25)16(21)19-13-5-3-2-4-11(13)17(22)23/h2-9,20H,1H3,(H,19,21)(H,22,23)(H,24,25). The quantitative estimate of drug-likeness (QED) is 0.354. The van der Waals surface area contributed by atoms with Crippen LogP contribution in [0.3, 0.4) is 0 Å². The normalized spacial score (nSPS) is 10.9. The number of carbonyl (C=O) groups is 3. The number of anilines is 1. The topological polar surface area (TPSA) is 133 Å². The molecule has 2 rings (SSSR count). The number of hydrogen-bond donors (Lipinski definition) is 4. The molecule has 0 radical (unpaired) electrons. The van der Waals surface area contributed by atoms with Gasteiger partial charge in [-0.15, -0.1) is 0 Å². The number of nitrogens with one attached hydrogen (secondary N) is 1. The van der Waals surface area contributed by atoms with Crippen LogP contribution in [0.1, 0.15) is 15.9 Å². The lowest BCUT2D eigenvalue weighted by molar-refractivity contribution is -0.134. The number of benzene rings is 2. The average Bonchev–Trinajstić information content (AvgIpc) is 2.60. The highest BCUT2D eigenvalue weighted by Gasteiger charge is 2.20. The van der Waals surface area contributed by atoms with Gasteiger partial charge < -0.3 is 25.4 Å². The van der Waals surface area contributed by atoms with Gasteiger partial charge >= 0.3 is 11.9 Å². The average molecular weight is 357 g/mol. The highest BCUT2D eigenvalue weighted by molar-refractivity contribution is 6.24. The Morgan fingerprint density at radius 1 is 1.08 bits per heavy atom. The third-order valence-electron chi connectivity index (χ3n) is 3.40. The van der Waals surface area contributed by atoms with Crippen molar-refractivity contribution in [1.29, 1.82) is 0 Å². The number of methoxy groups -OCH3 is 1. The summed E-state index contributed by atoms with van der Waals surface area (Å²) in [6.45, 7) is 0. The minimum atomic E-state index is -1.50. The zero-order chi connectivity index (χ0) is 19.3. The Morgan fingerprint density at radius 3 is 2.38 bits per heavy atom. The molecule has 4 N–H and O–H groups in total. The van der Waals surface area contributed by atoms with Gasteiger partial charge in [0.1, 0.15) is 5.57 Å². The molecule has 0 bridgehead atoms. The van der Waals surface area contributed by atoms with E-state index in [2.05, 4.69) is 5.32 Å². The number of ether oxygens (including phenoxy) is 1. The van der Waals surface area contributed by atoms with Gasteiger partial charge in [-0.3, -0.25) is 4.79 Å².